The molecule has 1 unspecified atom stereocenters. The molecule has 0 radical (unpaired) electrons. The largest absolute Gasteiger partial charge is 0.352 e. The number of carbonyl (C=O) groups is 2. The lowest BCUT2D eigenvalue weighted by atomic mass is 9.82. The first kappa shape index (κ1) is 17.6. The molecular formula is C20H23N5O2. The van der Waals surface area contributed by atoms with Crippen molar-refractivity contribution in [1.29, 1.82) is 5.41 Å². The molecule has 4 rings (SSSR count). The number of benzene rings is 1. The fraction of sp³-hybridized carbons (Fsp3) is 0.450. The van der Waals surface area contributed by atoms with Crippen LogP contribution in [0.2, 0.25) is 0 Å². The number of aromatic nitrogens is 2. The molecule has 2 heterocycles. The lowest BCUT2D eigenvalue weighted by Gasteiger charge is -2.34. The number of hydrogen-bond acceptors (Lipinski definition) is 6. The number of ketones is 1. The first-order valence-electron chi connectivity index (χ1n) is 9.39. The number of nitrogens with zero attached hydrogens (tertiary/aromatic N) is 4. The number of Topliss-reactive ketones (excluding diaryl/α,β-unsaturated/α-hetero) is 1. The van der Waals surface area contributed by atoms with Crippen LogP contribution in [0.15, 0.2) is 24.4 Å². The van der Waals surface area contributed by atoms with Gasteiger partial charge in [0, 0.05) is 39.5 Å². The van der Waals surface area contributed by atoms with Crippen molar-refractivity contribution in [1.82, 2.24) is 14.9 Å². The molecular weight excluding hydrogens is 342 g/mol. The van der Waals surface area contributed by atoms with Gasteiger partial charge in [0.25, 0.3) is 0 Å². The summed E-state index contributed by atoms with van der Waals surface area (Å²) in [5.74, 6) is 1.11. The van der Waals surface area contributed by atoms with Crippen LogP contribution in [0.1, 0.15) is 37.7 Å². The second-order valence-corrected chi connectivity index (χ2v) is 7.31. The van der Waals surface area contributed by atoms with E-state index in [9.17, 15) is 9.59 Å². The summed E-state index contributed by atoms with van der Waals surface area (Å²) in [5.41, 5.74) is 3.02. The van der Waals surface area contributed by atoms with Gasteiger partial charge in [-0.25, -0.2) is 4.98 Å². The summed E-state index contributed by atoms with van der Waals surface area (Å²) in [7, 11) is 0. The van der Waals surface area contributed by atoms with Gasteiger partial charge >= 0.3 is 0 Å². The lowest BCUT2D eigenvalue weighted by molar-refractivity contribution is -0.129. The predicted molar refractivity (Wildman–Crippen MR) is 103 cm³/mol. The third-order valence-corrected chi connectivity index (χ3v) is 5.58. The number of fused-ring (bicyclic) bond motifs is 1. The number of rotatable bonds is 2. The number of nitrogens with one attached hydrogen (secondary N) is 1. The number of amides is 1. The molecule has 1 aliphatic carbocycles. The summed E-state index contributed by atoms with van der Waals surface area (Å²) in [6.45, 7) is 4.51. The molecule has 2 aliphatic rings. The van der Waals surface area contributed by atoms with Crippen molar-refractivity contribution >= 4 is 34.3 Å². The smallest absolute Gasteiger partial charge is 0.219 e. The summed E-state index contributed by atoms with van der Waals surface area (Å²) in [6.07, 6.45) is 3.53. The Morgan fingerprint density at radius 2 is 1.96 bits per heavy atom. The Bertz CT molecular complexity index is 918. The topological polar surface area (TPSA) is 90.3 Å². The lowest BCUT2D eigenvalue weighted by Crippen LogP contribution is -2.48. The third-order valence-electron chi connectivity index (χ3n) is 5.58. The van der Waals surface area contributed by atoms with E-state index in [2.05, 4.69) is 9.88 Å². The molecule has 0 spiro atoms. The van der Waals surface area contributed by atoms with Crippen molar-refractivity contribution in [2.45, 2.75) is 32.1 Å². The summed E-state index contributed by atoms with van der Waals surface area (Å²) < 4.78 is 0. The molecule has 1 saturated heterocycles. The van der Waals surface area contributed by atoms with E-state index in [1.54, 1.807) is 13.1 Å². The standard InChI is InChI=1S/C20H23N5O2/c1-13(26)24-6-8-25(9-7-24)20-12-22-17-4-2-15(11-18(17)23-20)14-3-5-19(27)16(21)10-14/h2,4,11-12,14,21H,3,5-10H2,1H3. The minimum atomic E-state index is -0.0289. The van der Waals surface area contributed by atoms with Crippen LogP contribution < -0.4 is 4.90 Å². The molecule has 0 bridgehead atoms. The third kappa shape index (κ3) is 3.54. The summed E-state index contributed by atoms with van der Waals surface area (Å²) >= 11 is 0. The van der Waals surface area contributed by atoms with Crippen molar-refractivity contribution in [2.75, 3.05) is 31.1 Å². The van der Waals surface area contributed by atoms with Crippen LogP contribution in [-0.4, -0.2) is 58.4 Å². The van der Waals surface area contributed by atoms with Crippen LogP contribution in [0.5, 0.6) is 0 Å². The second-order valence-electron chi connectivity index (χ2n) is 7.31. The van der Waals surface area contributed by atoms with E-state index >= 15 is 0 Å². The van der Waals surface area contributed by atoms with Crippen LogP contribution >= 0.6 is 0 Å². The summed E-state index contributed by atoms with van der Waals surface area (Å²) in [4.78, 5) is 36.4. The number of piperazine rings is 1. The Morgan fingerprint density at radius 3 is 2.67 bits per heavy atom. The van der Waals surface area contributed by atoms with Crippen LogP contribution in [0.3, 0.4) is 0 Å². The maximum absolute atomic E-state index is 11.6. The van der Waals surface area contributed by atoms with E-state index in [1.165, 1.54) is 0 Å². The zero-order chi connectivity index (χ0) is 19.0. The van der Waals surface area contributed by atoms with E-state index in [1.807, 2.05) is 23.1 Å². The maximum atomic E-state index is 11.6. The SMILES string of the molecule is CC(=O)N1CCN(c2cnc3ccc(C4CCC(=O)C(=N)C4)cc3n2)CC1. The van der Waals surface area contributed by atoms with Gasteiger partial charge in [-0.2, -0.15) is 0 Å². The zero-order valence-corrected chi connectivity index (χ0v) is 15.4. The normalized spacial score (nSPS) is 21.0. The van der Waals surface area contributed by atoms with E-state index in [0.29, 0.717) is 25.9 Å². The van der Waals surface area contributed by atoms with Gasteiger partial charge < -0.3 is 15.2 Å². The van der Waals surface area contributed by atoms with Crippen molar-refractivity contribution < 1.29 is 9.59 Å². The summed E-state index contributed by atoms with van der Waals surface area (Å²) in [6, 6.07) is 6.05. The Balaban J connectivity index is 1.56. The van der Waals surface area contributed by atoms with Crippen molar-refractivity contribution in [3.05, 3.63) is 30.0 Å². The molecule has 1 saturated carbocycles. The van der Waals surface area contributed by atoms with Crippen LogP contribution in [0.4, 0.5) is 5.82 Å². The molecule has 1 atom stereocenters. The van der Waals surface area contributed by atoms with E-state index in [4.69, 9.17) is 10.4 Å². The molecule has 27 heavy (non-hydrogen) atoms. The monoisotopic (exact) mass is 365 g/mol. The Labute approximate surface area is 157 Å². The van der Waals surface area contributed by atoms with E-state index in [-0.39, 0.29) is 23.3 Å². The van der Waals surface area contributed by atoms with Crippen LogP contribution in [-0.2, 0) is 9.59 Å². The van der Waals surface area contributed by atoms with Crippen LogP contribution in [0.25, 0.3) is 11.0 Å². The minimum Gasteiger partial charge on any atom is -0.352 e. The minimum absolute atomic E-state index is 0.0289. The zero-order valence-electron chi connectivity index (χ0n) is 15.4. The van der Waals surface area contributed by atoms with Gasteiger partial charge in [0.15, 0.2) is 5.78 Å². The predicted octanol–water partition coefficient (Wildman–Crippen LogP) is 2.15. The molecule has 1 aromatic carbocycles. The number of hydrogen-bond donors (Lipinski definition) is 1. The number of anilines is 1. The molecule has 140 valence electrons. The van der Waals surface area contributed by atoms with Gasteiger partial charge in [-0.05, 0) is 36.5 Å². The van der Waals surface area contributed by atoms with Gasteiger partial charge in [0.1, 0.15) is 5.82 Å². The molecule has 1 amide bonds. The van der Waals surface area contributed by atoms with Gasteiger partial charge in [0.2, 0.25) is 5.91 Å². The average molecular weight is 365 g/mol. The highest BCUT2D eigenvalue weighted by Crippen LogP contribution is 2.31. The Kier molecular flexibility index (Phi) is 4.59. The summed E-state index contributed by atoms with van der Waals surface area (Å²) in [5, 5.41) is 7.84. The molecule has 2 fully saturated rings. The van der Waals surface area contributed by atoms with Gasteiger partial charge in [-0.15, -0.1) is 0 Å². The average Bonchev–Trinajstić information content (AvgIpc) is 2.69. The molecule has 2 aromatic rings. The van der Waals surface area contributed by atoms with E-state index < -0.39 is 0 Å². The van der Waals surface area contributed by atoms with Crippen LogP contribution in [0, 0.1) is 5.41 Å². The highest BCUT2D eigenvalue weighted by molar-refractivity contribution is 6.39. The molecule has 1 aliphatic heterocycles. The maximum Gasteiger partial charge on any atom is 0.219 e. The second kappa shape index (κ2) is 7.06. The fourth-order valence-electron chi connectivity index (χ4n) is 3.88. The first-order valence-corrected chi connectivity index (χ1v) is 9.39. The van der Waals surface area contributed by atoms with Crippen molar-refractivity contribution in [2.24, 2.45) is 0 Å². The van der Waals surface area contributed by atoms with Crippen molar-refractivity contribution in [3.8, 4) is 0 Å². The first-order chi connectivity index (χ1) is 13.0. The van der Waals surface area contributed by atoms with Gasteiger partial charge in [0.05, 0.1) is 22.9 Å². The van der Waals surface area contributed by atoms with Gasteiger partial charge in [-0.1, -0.05) is 6.07 Å². The highest BCUT2D eigenvalue weighted by Gasteiger charge is 2.25. The fourth-order valence-corrected chi connectivity index (χ4v) is 3.88. The van der Waals surface area contributed by atoms with E-state index in [0.717, 1.165) is 41.9 Å². The van der Waals surface area contributed by atoms with Gasteiger partial charge in [-0.3, -0.25) is 14.6 Å². The highest BCUT2D eigenvalue weighted by atomic mass is 16.2. The molecule has 1 aromatic heterocycles. The molecule has 1 N–H and O–H groups in total. The quantitative estimate of drug-likeness (QED) is 0.881. The molecule has 7 nitrogen and oxygen atoms in total. The number of carbonyl (C=O) groups excluding carboxylic acids is 2. The molecule has 7 heteroatoms. The Morgan fingerprint density at radius 1 is 1.19 bits per heavy atom. The Hall–Kier alpha value is -2.83. The van der Waals surface area contributed by atoms with Crippen molar-refractivity contribution in [3.63, 3.8) is 0 Å².